The maximum atomic E-state index is 12.6. The van der Waals surface area contributed by atoms with E-state index in [4.69, 9.17) is 0 Å². The van der Waals surface area contributed by atoms with E-state index in [2.05, 4.69) is 21.3 Å². The molecule has 0 saturated heterocycles. The van der Waals surface area contributed by atoms with Crippen LogP contribution in [-0.4, -0.2) is 33.5 Å². The summed E-state index contributed by atoms with van der Waals surface area (Å²) in [5.41, 5.74) is 3.64. The molecule has 28 heavy (non-hydrogen) atoms. The third-order valence-corrected chi connectivity index (χ3v) is 4.10. The molecular weight excluding hydrogens is 362 g/mol. The van der Waals surface area contributed by atoms with Gasteiger partial charge in [-0.1, -0.05) is 39.0 Å². The maximum Gasteiger partial charge on any atom is 0.290 e. The largest absolute Gasteiger partial charge is 0.344 e. The minimum Gasteiger partial charge on any atom is -0.344 e. The summed E-state index contributed by atoms with van der Waals surface area (Å²) in [5.74, 6) is -1.54. The number of carbonyl (C=O) groups excluding carboxylic acids is 3. The van der Waals surface area contributed by atoms with Crippen molar-refractivity contribution in [1.82, 2.24) is 25.9 Å². The summed E-state index contributed by atoms with van der Waals surface area (Å²) in [5, 5.41) is 7.42. The fourth-order valence-electron chi connectivity index (χ4n) is 2.38. The van der Waals surface area contributed by atoms with Gasteiger partial charge in [-0.2, -0.15) is 5.10 Å². The van der Waals surface area contributed by atoms with E-state index < -0.39 is 23.3 Å². The Morgan fingerprint density at radius 3 is 2.29 bits per heavy atom. The van der Waals surface area contributed by atoms with Crippen molar-refractivity contribution in [3.63, 3.8) is 0 Å². The van der Waals surface area contributed by atoms with E-state index in [0.29, 0.717) is 17.3 Å². The Hall–Kier alpha value is -3.23. The molecule has 0 aliphatic rings. The number of hydrogen-bond acceptors (Lipinski definition) is 5. The lowest BCUT2D eigenvalue weighted by Crippen LogP contribution is -2.53. The number of aromatic nitrogens is 2. The van der Waals surface area contributed by atoms with Crippen molar-refractivity contribution in [1.29, 1.82) is 0 Å². The smallest absolute Gasteiger partial charge is 0.290 e. The minimum atomic E-state index is -0.846. The zero-order valence-corrected chi connectivity index (χ0v) is 16.6. The summed E-state index contributed by atoms with van der Waals surface area (Å²) in [6.07, 6.45) is 0. The Balaban J connectivity index is 2.16. The van der Waals surface area contributed by atoms with Crippen LogP contribution >= 0.6 is 0 Å². The molecule has 1 heterocycles. The lowest BCUT2D eigenvalue weighted by atomic mass is 9.95. The van der Waals surface area contributed by atoms with Gasteiger partial charge in [0.1, 0.15) is 6.04 Å². The van der Waals surface area contributed by atoms with Gasteiger partial charge in [0.05, 0.1) is 5.39 Å². The van der Waals surface area contributed by atoms with Gasteiger partial charge in [-0.3, -0.25) is 30.0 Å². The summed E-state index contributed by atoms with van der Waals surface area (Å²) in [4.78, 5) is 49.0. The number of rotatable bonds is 4. The summed E-state index contributed by atoms with van der Waals surface area (Å²) >= 11 is 0. The summed E-state index contributed by atoms with van der Waals surface area (Å²) in [7, 11) is 0. The lowest BCUT2D eigenvalue weighted by Gasteiger charge is -2.21. The van der Waals surface area contributed by atoms with E-state index in [1.165, 1.54) is 11.6 Å². The quantitative estimate of drug-likeness (QED) is 0.668. The molecule has 0 bridgehead atoms. The number of hydrogen-bond donors (Lipinski definition) is 3. The topological polar surface area (TPSA) is 122 Å². The fraction of sp³-hybridized carbons (Fsp3) is 0.421. The van der Waals surface area contributed by atoms with Crippen molar-refractivity contribution < 1.29 is 14.4 Å². The molecule has 0 unspecified atom stereocenters. The molecule has 9 heteroatoms. The second-order valence-corrected chi connectivity index (χ2v) is 7.40. The zero-order valence-electron chi connectivity index (χ0n) is 16.6. The van der Waals surface area contributed by atoms with Crippen LogP contribution in [0.4, 0.5) is 0 Å². The average molecular weight is 387 g/mol. The molecule has 9 nitrogen and oxygen atoms in total. The van der Waals surface area contributed by atoms with Crippen LogP contribution in [0.5, 0.6) is 0 Å². The van der Waals surface area contributed by atoms with Gasteiger partial charge in [-0.15, -0.1) is 0 Å². The number of nitrogens with one attached hydrogen (secondary N) is 3. The molecule has 0 saturated carbocycles. The van der Waals surface area contributed by atoms with Gasteiger partial charge in [0.15, 0.2) is 5.69 Å². The Labute approximate surface area is 162 Å². The minimum absolute atomic E-state index is 0.0173. The molecule has 1 atom stereocenters. The number of carbonyl (C=O) groups is 3. The van der Waals surface area contributed by atoms with Gasteiger partial charge >= 0.3 is 0 Å². The van der Waals surface area contributed by atoms with Crippen LogP contribution < -0.4 is 21.7 Å². The Kier molecular flexibility index (Phi) is 6.17. The second kappa shape index (κ2) is 8.20. The van der Waals surface area contributed by atoms with Crippen molar-refractivity contribution in [2.24, 2.45) is 5.41 Å². The highest BCUT2D eigenvalue weighted by molar-refractivity contribution is 6.05. The lowest BCUT2D eigenvalue weighted by molar-refractivity contribution is -0.133. The number of fused-ring (bicyclic) bond motifs is 1. The molecule has 3 amide bonds. The third-order valence-electron chi connectivity index (χ3n) is 4.10. The van der Waals surface area contributed by atoms with E-state index in [-0.39, 0.29) is 17.2 Å². The van der Waals surface area contributed by atoms with Crippen LogP contribution in [0.25, 0.3) is 10.8 Å². The predicted molar refractivity (Wildman–Crippen MR) is 104 cm³/mol. The zero-order chi connectivity index (χ0) is 21.1. The first-order valence-electron chi connectivity index (χ1n) is 8.97. The van der Waals surface area contributed by atoms with Crippen molar-refractivity contribution in [2.45, 2.75) is 47.2 Å². The molecule has 3 N–H and O–H groups in total. The number of hydrazine groups is 1. The number of amides is 3. The summed E-state index contributed by atoms with van der Waals surface area (Å²) in [6, 6.07) is 5.78. The van der Waals surface area contributed by atoms with Gasteiger partial charge in [-0.05, 0) is 19.9 Å². The van der Waals surface area contributed by atoms with Crippen molar-refractivity contribution >= 4 is 28.5 Å². The highest BCUT2D eigenvalue weighted by Gasteiger charge is 2.25. The number of benzene rings is 1. The van der Waals surface area contributed by atoms with Crippen molar-refractivity contribution in [3.05, 3.63) is 40.3 Å². The van der Waals surface area contributed by atoms with Crippen molar-refractivity contribution in [3.8, 4) is 0 Å². The second-order valence-electron chi connectivity index (χ2n) is 7.40. The van der Waals surface area contributed by atoms with E-state index >= 15 is 0 Å². The first-order chi connectivity index (χ1) is 13.1. The van der Waals surface area contributed by atoms with Gasteiger partial charge in [0.2, 0.25) is 5.91 Å². The molecule has 0 radical (unpaired) electrons. The van der Waals surface area contributed by atoms with Gasteiger partial charge in [0, 0.05) is 17.3 Å². The summed E-state index contributed by atoms with van der Waals surface area (Å²) in [6.45, 7) is 8.74. The first-order valence-corrected chi connectivity index (χ1v) is 8.97. The van der Waals surface area contributed by atoms with Crippen molar-refractivity contribution in [2.75, 3.05) is 0 Å². The standard InChI is InChI=1S/C19H25N5O4/c1-6-24-17(27)13-10-8-7-9-12(13)14(23-24)16(26)22-21-15(25)11(2)20-18(28)19(3,4)5/h7-11H,6H2,1-5H3,(H,20,28)(H,21,25)(H,22,26)/t11-/m1/s1. The predicted octanol–water partition coefficient (Wildman–Crippen LogP) is 0.728. The monoisotopic (exact) mass is 387 g/mol. The van der Waals surface area contributed by atoms with E-state index in [0.717, 1.165) is 0 Å². The van der Waals surface area contributed by atoms with E-state index in [1.54, 1.807) is 52.0 Å². The molecule has 2 rings (SSSR count). The van der Waals surface area contributed by atoms with Crippen LogP contribution in [-0.2, 0) is 16.1 Å². The molecule has 1 aromatic heterocycles. The molecule has 0 spiro atoms. The molecule has 0 fully saturated rings. The molecular formula is C19H25N5O4. The van der Waals surface area contributed by atoms with Crippen LogP contribution in [0.3, 0.4) is 0 Å². The Bertz CT molecular complexity index is 974. The fourth-order valence-corrected chi connectivity index (χ4v) is 2.38. The Morgan fingerprint density at radius 1 is 1.11 bits per heavy atom. The van der Waals surface area contributed by atoms with Gasteiger partial charge < -0.3 is 5.32 Å². The Morgan fingerprint density at radius 2 is 1.71 bits per heavy atom. The molecule has 0 aliphatic carbocycles. The highest BCUT2D eigenvalue weighted by atomic mass is 16.2. The van der Waals surface area contributed by atoms with Crippen LogP contribution in [0.15, 0.2) is 29.1 Å². The first kappa shape index (κ1) is 21.1. The number of aryl methyl sites for hydroxylation is 1. The SMILES string of the molecule is CCn1nc(C(=O)NNC(=O)[C@@H](C)NC(=O)C(C)(C)C)c2ccccc2c1=O. The van der Waals surface area contributed by atoms with Gasteiger partial charge in [-0.25, -0.2) is 4.68 Å². The molecule has 1 aromatic carbocycles. The molecule has 150 valence electrons. The summed E-state index contributed by atoms with van der Waals surface area (Å²) < 4.78 is 1.19. The molecule has 2 aromatic rings. The van der Waals surface area contributed by atoms with Gasteiger partial charge in [0.25, 0.3) is 17.4 Å². The number of nitrogens with zero attached hydrogens (tertiary/aromatic N) is 2. The van der Waals surface area contributed by atoms with E-state index in [1.807, 2.05) is 0 Å². The van der Waals surface area contributed by atoms with Crippen LogP contribution in [0.1, 0.15) is 45.1 Å². The van der Waals surface area contributed by atoms with Crippen LogP contribution in [0, 0.1) is 5.41 Å². The van der Waals surface area contributed by atoms with Crippen LogP contribution in [0.2, 0.25) is 0 Å². The molecule has 0 aliphatic heterocycles. The maximum absolute atomic E-state index is 12.6. The average Bonchev–Trinajstić information content (AvgIpc) is 2.65. The van der Waals surface area contributed by atoms with E-state index in [9.17, 15) is 19.2 Å². The highest BCUT2D eigenvalue weighted by Crippen LogP contribution is 2.13. The normalized spacial score (nSPS) is 12.3. The third kappa shape index (κ3) is 4.54.